The number of aliphatic hydroxyl groups excluding tert-OH is 1. The van der Waals surface area contributed by atoms with E-state index >= 15 is 0 Å². The third-order valence-corrected chi connectivity index (χ3v) is 4.34. The van der Waals surface area contributed by atoms with Crippen LogP contribution in [0.1, 0.15) is 26.3 Å². The molecule has 1 aliphatic rings. The van der Waals surface area contributed by atoms with Crippen molar-refractivity contribution < 1.29 is 19.0 Å². The van der Waals surface area contributed by atoms with Gasteiger partial charge in [0.15, 0.2) is 0 Å². The lowest BCUT2D eigenvalue weighted by atomic mass is 10.1. The predicted molar refractivity (Wildman–Crippen MR) is 103 cm³/mol. The molecule has 2 N–H and O–H groups in total. The maximum absolute atomic E-state index is 13.5. The molecule has 6 nitrogen and oxygen atoms in total. The standard InChI is InChI=1S/C20H32FN3O3/c1-20(2,3)22-19(26)13-24-10-8-23(9-11-24)12-17(25)15-27-14-16-6-4-5-7-18(16)21/h4-7,17,25H,8-15H2,1-3H3,(H,22,26). The van der Waals surface area contributed by atoms with Gasteiger partial charge in [0, 0.05) is 43.8 Å². The van der Waals surface area contributed by atoms with Crippen LogP contribution in [0.4, 0.5) is 4.39 Å². The van der Waals surface area contributed by atoms with Gasteiger partial charge < -0.3 is 15.2 Å². The van der Waals surface area contributed by atoms with Crippen LogP contribution in [0.2, 0.25) is 0 Å². The number of piperazine rings is 1. The molecule has 27 heavy (non-hydrogen) atoms. The van der Waals surface area contributed by atoms with Crippen molar-refractivity contribution in [3.8, 4) is 0 Å². The molecule has 1 aliphatic heterocycles. The summed E-state index contributed by atoms with van der Waals surface area (Å²) in [4.78, 5) is 16.3. The van der Waals surface area contributed by atoms with Gasteiger partial charge in [0.1, 0.15) is 5.82 Å². The molecular weight excluding hydrogens is 349 g/mol. The minimum Gasteiger partial charge on any atom is -0.389 e. The summed E-state index contributed by atoms with van der Waals surface area (Å²) in [5.41, 5.74) is 0.276. The highest BCUT2D eigenvalue weighted by atomic mass is 19.1. The van der Waals surface area contributed by atoms with Gasteiger partial charge in [0.2, 0.25) is 5.91 Å². The van der Waals surface area contributed by atoms with Crippen LogP contribution in [0.15, 0.2) is 24.3 Å². The molecule has 1 heterocycles. The fourth-order valence-corrected chi connectivity index (χ4v) is 3.06. The molecule has 0 spiro atoms. The first-order valence-corrected chi connectivity index (χ1v) is 9.48. The molecule has 7 heteroatoms. The highest BCUT2D eigenvalue weighted by Crippen LogP contribution is 2.09. The zero-order valence-electron chi connectivity index (χ0n) is 16.6. The van der Waals surface area contributed by atoms with Crippen molar-refractivity contribution in [2.75, 3.05) is 45.9 Å². The molecular formula is C20H32FN3O3. The number of carbonyl (C=O) groups excluding carboxylic acids is 1. The lowest BCUT2D eigenvalue weighted by molar-refractivity contribution is -0.124. The second-order valence-corrected chi connectivity index (χ2v) is 8.14. The van der Waals surface area contributed by atoms with E-state index in [2.05, 4.69) is 15.1 Å². The van der Waals surface area contributed by atoms with Crippen molar-refractivity contribution in [1.29, 1.82) is 0 Å². The molecule has 1 saturated heterocycles. The Labute approximate surface area is 161 Å². The number of halogens is 1. The average Bonchev–Trinajstić information content (AvgIpc) is 2.57. The van der Waals surface area contributed by atoms with E-state index in [4.69, 9.17) is 4.74 Å². The minimum atomic E-state index is -0.618. The number of aliphatic hydroxyl groups is 1. The SMILES string of the molecule is CC(C)(C)NC(=O)CN1CCN(CC(O)COCc2ccccc2F)CC1. The van der Waals surface area contributed by atoms with Crippen LogP contribution in [0.25, 0.3) is 0 Å². The molecule has 1 aromatic carbocycles. The van der Waals surface area contributed by atoms with Crippen molar-refractivity contribution in [3.63, 3.8) is 0 Å². The van der Waals surface area contributed by atoms with Crippen LogP contribution in [-0.4, -0.2) is 78.3 Å². The number of hydrogen-bond donors (Lipinski definition) is 2. The van der Waals surface area contributed by atoms with Gasteiger partial charge in [0.25, 0.3) is 0 Å². The third-order valence-electron chi connectivity index (χ3n) is 4.34. The van der Waals surface area contributed by atoms with Crippen LogP contribution in [0, 0.1) is 5.82 Å². The first-order valence-electron chi connectivity index (χ1n) is 9.48. The van der Waals surface area contributed by atoms with Crippen molar-refractivity contribution >= 4 is 5.91 Å². The fraction of sp³-hybridized carbons (Fsp3) is 0.650. The summed E-state index contributed by atoms with van der Waals surface area (Å²) in [5.74, 6) is -0.254. The summed E-state index contributed by atoms with van der Waals surface area (Å²) in [6.45, 7) is 10.3. The molecule has 1 atom stereocenters. The number of carbonyl (C=O) groups is 1. The van der Waals surface area contributed by atoms with Gasteiger partial charge in [-0.3, -0.25) is 14.6 Å². The van der Waals surface area contributed by atoms with Gasteiger partial charge in [-0.1, -0.05) is 18.2 Å². The van der Waals surface area contributed by atoms with Gasteiger partial charge in [0.05, 0.1) is 25.9 Å². The van der Waals surface area contributed by atoms with Gasteiger partial charge >= 0.3 is 0 Å². The molecule has 0 bridgehead atoms. The molecule has 1 amide bonds. The lowest BCUT2D eigenvalue weighted by Gasteiger charge is -2.35. The van der Waals surface area contributed by atoms with Gasteiger partial charge in [-0.05, 0) is 26.8 Å². The molecule has 0 radical (unpaired) electrons. The molecule has 2 rings (SSSR count). The Morgan fingerprint density at radius 3 is 2.48 bits per heavy atom. The molecule has 1 unspecified atom stereocenters. The number of nitrogens with one attached hydrogen (secondary N) is 1. The highest BCUT2D eigenvalue weighted by molar-refractivity contribution is 5.78. The number of β-amino-alcohol motifs (C(OH)–C–C–N with tert-alkyl or cyclic N) is 1. The zero-order chi connectivity index (χ0) is 19.9. The van der Waals surface area contributed by atoms with Crippen LogP contribution < -0.4 is 5.32 Å². The second kappa shape index (κ2) is 10.1. The Morgan fingerprint density at radius 1 is 1.22 bits per heavy atom. The number of ether oxygens (including phenoxy) is 1. The topological polar surface area (TPSA) is 65.0 Å². The van der Waals surface area contributed by atoms with Crippen LogP contribution in [0.5, 0.6) is 0 Å². The van der Waals surface area contributed by atoms with Crippen molar-refractivity contribution in [3.05, 3.63) is 35.6 Å². The third kappa shape index (κ3) is 8.34. The first kappa shape index (κ1) is 21.8. The van der Waals surface area contributed by atoms with E-state index in [-0.39, 0.29) is 30.5 Å². The summed E-state index contributed by atoms with van der Waals surface area (Å²) in [7, 11) is 0. The number of amides is 1. The fourth-order valence-electron chi connectivity index (χ4n) is 3.06. The molecule has 1 aromatic rings. The summed E-state index contributed by atoms with van der Waals surface area (Å²) in [6, 6.07) is 6.48. The summed E-state index contributed by atoms with van der Waals surface area (Å²) in [5, 5.41) is 13.1. The molecule has 0 aromatic heterocycles. The maximum Gasteiger partial charge on any atom is 0.234 e. The minimum absolute atomic E-state index is 0.0394. The normalized spacial score (nSPS) is 17.7. The van der Waals surface area contributed by atoms with Crippen LogP contribution in [-0.2, 0) is 16.1 Å². The van der Waals surface area contributed by atoms with E-state index in [1.165, 1.54) is 6.07 Å². The van der Waals surface area contributed by atoms with Gasteiger partial charge in [-0.2, -0.15) is 0 Å². The van der Waals surface area contributed by atoms with E-state index in [1.54, 1.807) is 18.2 Å². The van der Waals surface area contributed by atoms with E-state index in [0.717, 1.165) is 26.2 Å². The molecule has 0 aliphatic carbocycles. The number of nitrogens with zero attached hydrogens (tertiary/aromatic N) is 2. The van der Waals surface area contributed by atoms with E-state index < -0.39 is 6.10 Å². The Morgan fingerprint density at radius 2 is 1.85 bits per heavy atom. The Bertz CT molecular complexity index is 598. The smallest absolute Gasteiger partial charge is 0.234 e. The van der Waals surface area contributed by atoms with Crippen molar-refractivity contribution in [2.24, 2.45) is 0 Å². The zero-order valence-corrected chi connectivity index (χ0v) is 16.6. The molecule has 152 valence electrons. The Kier molecular flexibility index (Phi) is 8.16. The average molecular weight is 381 g/mol. The predicted octanol–water partition coefficient (Wildman–Crippen LogP) is 1.24. The number of hydrogen-bond acceptors (Lipinski definition) is 5. The highest BCUT2D eigenvalue weighted by Gasteiger charge is 2.22. The lowest BCUT2D eigenvalue weighted by Crippen LogP contribution is -2.52. The quantitative estimate of drug-likeness (QED) is 0.709. The Balaban J connectivity index is 1.62. The van der Waals surface area contributed by atoms with E-state index in [0.29, 0.717) is 18.7 Å². The van der Waals surface area contributed by atoms with Crippen molar-refractivity contribution in [1.82, 2.24) is 15.1 Å². The van der Waals surface area contributed by atoms with Crippen molar-refractivity contribution in [2.45, 2.75) is 39.0 Å². The van der Waals surface area contributed by atoms with Crippen LogP contribution >= 0.6 is 0 Å². The molecule has 1 fully saturated rings. The summed E-state index contributed by atoms with van der Waals surface area (Å²) < 4.78 is 19.0. The number of benzene rings is 1. The van der Waals surface area contributed by atoms with Gasteiger partial charge in [-0.25, -0.2) is 4.39 Å². The molecule has 0 saturated carbocycles. The monoisotopic (exact) mass is 381 g/mol. The van der Waals surface area contributed by atoms with Gasteiger partial charge in [-0.15, -0.1) is 0 Å². The maximum atomic E-state index is 13.5. The summed E-state index contributed by atoms with van der Waals surface area (Å²) >= 11 is 0. The number of rotatable bonds is 8. The Hall–Kier alpha value is -1.54. The first-order chi connectivity index (χ1) is 12.7. The summed E-state index contributed by atoms with van der Waals surface area (Å²) in [6.07, 6.45) is -0.618. The largest absolute Gasteiger partial charge is 0.389 e. The van der Waals surface area contributed by atoms with E-state index in [9.17, 15) is 14.3 Å². The van der Waals surface area contributed by atoms with Crippen LogP contribution in [0.3, 0.4) is 0 Å². The van der Waals surface area contributed by atoms with E-state index in [1.807, 2.05) is 20.8 Å². The second-order valence-electron chi connectivity index (χ2n) is 8.14.